The quantitative estimate of drug-likeness (QED) is 0.662. The van der Waals surface area contributed by atoms with Crippen molar-refractivity contribution in [2.45, 2.75) is 24.9 Å². The molecule has 2 aromatic heterocycles. The molecule has 0 aromatic carbocycles. The van der Waals surface area contributed by atoms with E-state index in [2.05, 4.69) is 27.6 Å². The lowest BCUT2D eigenvalue weighted by molar-refractivity contribution is -0.0284. The van der Waals surface area contributed by atoms with Gasteiger partial charge in [0.2, 0.25) is 0 Å². The zero-order valence-corrected chi connectivity index (χ0v) is 10.4. The Morgan fingerprint density at radius 2 is 2.33 bits per heavy atom. The van der Waals surface area contributed by atoms with Crippen LogP contribution in [0.5, 0.6) is 0 Å². The number of thiol groups is 1. The smallest absolute Gasteiger partial charge is 0.167 e. The molecule has 0 bridgehead atoms. The van der Waals surface area contributed by atoms with Gasteiger partial charge in [-0.2, -0.15) is 12.6 Å². The van der Waals surface area contributed by atoms with Crippen LogP contribution in [-0.2, 0) is 4.74 Å². The van der Waals surface area contributed by atoms with Crippen LogP contribution in [0, 0.1) is 0 Å². The number of nitrogens with two attached hydrogens (primary N) is 1. The zero-order chi connectivity index (χ0) is 12.7. The molecule has 0 radical (unpaired) electrons. The molecule has 1 saturated heterocycles. The molecule has 3 N–H and O–H groups in total. The fourth-order valence-corrected chi connectivity index (χ4v) is 2.39. The first-order valence-electron chi connectivity index (χ1n) is 5.58. The Labute approximate surface area is 108 Å². The van der Waals surface area contributed by atoms with Crippen LogP contribution >= 0.6 is 12.6 Å². The predicted molar refractivity (Wildman–Crippen MR) is 68.1 cm³/mol. The van der Waals surface area contributed by atoms with Gasteiger partial charge < -0.3 is 15.6 Å². The van der Waals surface area contributed by atoms with Crippen molar-refractivity contribution in [2.24, 2.45) is 0 Å². The monoisotopic (exact) mass is 267 g/mol. The summed E-state index contributed by atoms with van der Waals surface area (Å²) < 4.78 is 7.39. The highest BCUT2D eigenvalue weighted by atomic mass is 32.1. The van der Waals surface area contributed by atoms with Crippen LogP contribution < -0.4 is 5.73 Å². The third-order valence-electron chi connectivity index (χ3n) is 3.03. The fraction of sp³-hybridized carbons (Fsp3) is 0.500. The fourth-order valence-electron chi connectivity index (χ4n) is 2.15. The number of nitrogens with zero attached hydrogens (tertiary/aromatic N) is 4. The Balaban J connectivity index is 2.02. The highest BCUT2D eigenvalue weighted by Gasteiger charge is 2.35. The minimum absolute atomic E-state index is 0.0648. The number of aliphatic hydroxyl groups excluding tert-OH is 1. The van der Waals surface area contributed by atoms with Crippen LogP contribution in [0.25, 0.3) is 11.2 Å². The van der Waals surface area contributed by atoms with Crippen LogP contribution in [0.3, 0.4) is 0 Å². The van der Waals surface area contributed by atoms with Crippen LogP contribution in [0.15, 0.2) is 12.7 Å². The Morgan fingerprint density at radius 1 is 1.50 bits per heavy atom. The molecule has 1 aliphatic rings. The van der Waals surface area contributed by atoms with E-state index in [1.807, 2.05) is 0 Å². The van der Waals surface area contributed by atoms with E-state index in [9.17, 15) is 5.11 Å². The SMILES string of the molecule is Nc1ncnc2c1ncn2C1O[C@H](CS)CC1O. The topological polar surface area (TPSA) is 99.1 Å². The Hall–Kier alpha value is -1.38. The number of anilines is 1. The summed E-state index contributed by atoms with van der Waals surface area (Å²) in [7, 11) is 0. The molecule has 8 heteroatoms. The molecule has 2 aromatic rings. The van der Waals surface area contributed by atoms with Crippen LogP contribution in [0.1, 0.15) is 12.6 Å². The molecular formula is C10H13N5O2S. The third-order valence-corrected chi connectivity index (χ3v) is 3.44. The zero-order valence-electron chi connectivity index (χ0n) is 9.47. The maximum atomic E-state index is 10.0. The van der Waals surface area contributed by atoms with E-state index in [0.29, 0.717) is 29.2 Å². The van der Waals surface area contributed by atoms with Gasteiger partial charge in [-0.3, -0.25) is 4.57 Å². The number of hydrogen-bond acceptors (Lipinski definition) is 7. The van der Waals surface area contributed by atoms with Crippen LogP contribution in [-0.4, -0.2) is 42.6 Å². The van der Waals surface area contributed by atoms with Gasteiger partial charge in [0.1, 0.15) is 17.9 Å². The maximum Gasteiger partial charge on any atom is 0.167 e. The maximum absolute atomic E-state index is 10.0. The molecule has 96 valence electrons. The van der Waals surface area contributed by atoms with E-state index >= 15 is 0 Å². The van der Waals surface area contributed by atoms with Gasteiger partial charge in [-0.15, -0.1) is 0 Å². The molecule has 0 amide bonds. The number of nitrogen functional groups attached to an aromatic ring is 1. The summed E-state index contributed by atoms with van der Waals surface area (Å²) in [6, 6.07) is 0. The third kappa shape index (κ3) is 1.73. The number of ether oxygens (including phenoxy) is 1. The van der Waals surface area contributed by atoms with Gasteiger partial charge in [0.05, 0.1) is 12.4 Å². The Morgan fingerprint density at radius 3 is 3.06 bits per heavy atom. The molecule has 0 saturated carbocycles. The first-order valence-corrected chi connectivity index (χ1v) is 6.21. The van der Waals surface area contributed by atoms with E-state index in [1.54, 1.807) is 10.9 Å². The number of rotatable bonds is 2. The van der Waals surface area contributed by atoms with Crippen LogP contribution in [0.2, 0.25) is 0 Å². The van der Waals surface area contributed by atoms with Crippen LogP contribution in [0.4, 0.5) is 5.82 Å². The first-order chi connectivity index (χ1) is 8.70. The summed E-state index contributed by atoms with van der Waals surface area (Å²) >= 11 is 4.18. The average Bonchev–Trinajstić information content (AvgIpc) is 2.93. The molecule has 3 heterocycles. The Kier molecular flexibility index (Phi) is 2.84. The van der Waals surface area contributed by atoms with Gasteiger partial charge in [-0.05, 0) is 0 Å². The molecule has 0 spiro atoms. The van der Waals surface area contributed by atoms with Gasteiger partial charge in [0, 0.05) is 12.2 Å². The van der Waals surface area contributed by atoms with Gasteiger partial charge in [0.15, 0.2) is 17.7 Å². The molecule has 3 rings (SSSR count). The van der Waals surface area contributed by atoms with Crippen molar-refractivity contribution in [3.05, 3.63) is 12.7 Å². The van der Waals surface area contributed by atoms with Crippen molar-refractivity contribution in [3.63, 3.8) is 0 Å². The number of hydrogen-bond donors (Lipinski definition) is 3. The van der Waals surface area contributed by atoms with Crippen molar-refractivity contribution in [1.29, 1.82) is 0 Å². The molecule has 0 aliphatic carbocycles. The van der Waals surface area contributed by atoms with E-state index in [4.69, 9.17) is 10.5 Å². The Bertz CT molecular complexity index is 574. The van der Waals surface area contributed by atoms with E-state index in [-0.39, 0.29) is 6.10 Å². The van der Waals surface area contributed by atoms with E-state index < -0.39 is 12.3 Å². The van der Waals surface area contributed by atoms with E-state index in [1.165, 1.54) is 6.33 Å². The van der Waals surface area contributed by atoms with Gasteiger partial charge in [-0.1, -0.05) is 0 Å². The molecule has 1 aliphatic heterocycles. The first kappa shape index (κ1) is 11.7. The average molecular weight is 267 g/mol. The summed E-state index contributed by atoms with van der Waals surface area (Å²) in [4.78, 5) is 12.2. The van der Waals surface area contributed by atoms with Gasteiger partial charge in [-0.25, -0.2) is 15.0 Å². The second kappa shape index (κ2) is 4.38. The largest absolute Gasteiger partial charge is 0.388 e. The predicted octanol–water partition coefficient (Wildman–Crippen LogP) is -0.0133. The van der Waals surface area contributed by atoms with Crippen molar-refractivity contribution in [1.82, 2.24) is 19.5 Å². The number of imidazole rings is 1. The lowest BCUT2D eigenvalue weighted by Crippen LogP contribution is -2.19. The number of aromatic nitrogens is 4. The van der Waals surface area contributed by atoms with E-state index in [0.717, 1.165) is 0 Å². The van der Waals surface area contributed by atoms with Crippen molar-refractivity contribution in [3.8, 4) is 0 Å². The summed E-state index contributed by atoms with van der Waals surface area (Å²) in [5.74, 6) is 0.883. The van der Waals surface area contributed by atoms with Gasteiger partial charge >= 0.3 is 0 Å². The summed E-state index contributed by atoms with van der Waals surface area (Å²) in [5, 5.41) is 10.0. The molecule has 3 atom stereocenters. The standard InChI is InChI=1S/C10H13N5O2S/c11-8-7-9(13-3-12-8)15(4-14-7)10-6(16)1-5(2-18)17-10/h3-6,10,16,18H,1-2H2,(H2,11,12,13)/t5-,6?,10?/m0/s1. The highest BCUT2D eigenvalue weighted by molar-refractivity contribution is 7.80. The van der Waals surface area contributed by atoms with Gasteiger partial charge in [0.25, 0.3) is 0 Å². The minimum Gasteiger partial charge on any atom is -0.388 e. The van der Waals surface area contributed by atoms with Crippen molar-refractivity contribution >= 4 is 29.6 Å². The van der Waals surface area contributed by atoms with Crippen molar-refractivity contribution in [2.75, 3.05) is 11.5 Å². The molecule has 7 nitrogen and oxygen atoms in total. The number of fused-ring (bicyclic) bond motifs is 1. The lowest BCUT2D eigenvalue weighted by Gasteiger charge is -2.16. The second-order valence-electron chi connectivity index (χ2n) is 4.22. The molecular weight excluding hydrogens is 254 g/mol. The molecule has 2 unspecified atom stereocenters. The molecule has 1 fully saturated rings. The lowest BCUT2D eigenvalue weighted by atomic mass is 10.2. The second-order valence-corrected chi connectivity index (χ2v) is 4.58. The number of aliphatic hydroxyl groups is 1. The summed E-state index contributed by atoms with van der Waals surface area (Å²) in [6.45, 7) is 0. The van der Waals surface area contributed by atoms with Crippen molar-refractivity contribution < 1.29 is 9.84 Å². The molecule has 18 heavy (non-hydrogen) atoms. The summed E-state index contributed by atoms with van der Waals surface area (Å²) in [5.41, 5.74) is 6.79. The minimum atomic E-state index is -0.601. The highest BCUT2D eigenvalue weighted by Crippen LogP contribution is 2.31. The normalized spacial score (nSPS) is 28.0. The summed E-state index contributed by atoms with van der Waals surface area (Å²) in [6.07, 6.45) is 2.31.